The van der Waals surface area contributed by atoms with Gasteiger partial charge in [-0.25, -0.2) is 4.98 Å². The number of aromatic nitrogens is 3. The standard InChI is InChI=1S/C20H19N5O2/c1-13(26)22-16-6-2-4-14(10-16)20(27)25-9-7-17-18(12-25)24-19(23-17)15-5-3-8-21-11-15/h2-6,8,10-11H,7,9,12H2,1H3,(H,22,26)(H,23,24). The Balaban J connectivity index is 1.53. The van der Waals surface area contributed by atoms with Crippen LogP contribution in [0.4, 0.5) is 5.69 Å². The second kappa shape index (κ2) is 7.03. The SMILES string of the molecule is CC(=O)Nc1cccc(C(=O)N2CCc3nc(-c4cccnc4)[nH]c3C2)c1. The lowest BCUT2D eigenvalue weighted by Crippen LogP contribution is -2.36. The van der Waals surface area contributed by atoms with Gasteiger partial charge in [0.15, 0.2) is 0 Å². The van der Waals surface area contributed by atoms with Gasteiger partial charge >= 0.3 is 0 Å². The molecule has 0 spiro atoms. The van der Waals surface area contributed by atoms with Crippen molar-refractivity contribution < 1.29 is 9.59 Å². The van der Waals surface area contributed by atoms with Gasteiger partial charge in [0, 0.05) is 49.1 Å². The van der Waals surface area contributed by atoms with E-state index in [9.17, 15) is 9.59 Å². The van der Waals surface area contributed by atoms with E-state index in [4.69, 9.17) is 0 Å². The zero-order chi connectivity index (χ0) is 18.8. The fourth-order valence-corrected chi connectivity index (χ4v) is 3.22. The minimum Gasteiger partial charge on any atom is -0.340 e. The highest BCUT2D eigenvalue weighted by molar-refractivity contribution is 5.96. The fraction of sp³-hybridized carbons (Fsp3) is 0.200. The van der Waals surface area contributed by atoms with Crippen molar-refractivity contribution in [3.05, 3.63) is 65.7 Å². The van der Waals surface area contributed by atoms with Crippen LogP contribution in [0.25, 0.3) is 11.4 Å². The van der Waals surface area contributed by atoms with Crippen molar-refractivity contribution in [2.75, 3.05) is 11.9 Å². The number of rotatable bonds is 3. The summed E-state index contributed by atoms with van der Waals surface area (Å²) in [6.07, 6.45) is 4.19. The van der Waals surface area contributed by atoms with Crippen molar-refractivity contribution in [1.29, 1.82) is 0 Å². The highest BCUT2D eigenvalue weighted by Gasteiger charge is 2.25. The molecule has 0 radical (unpaired) electrons. The number of aromatic amines is 1. The first-order valence-electron chi connectivity index (χ1n) is 8.75. The van der Waals surface area contributed by atoms with Crippen molar-refractivity contribution in [2.24, 2.45) is 0 Å². The number of H-pyrrole nitrogens is 1. The number of amides is 2. The van der Waals surface area contributed by atoms with E-state index in [1.54, 1.807) is 41.6 Å². The van der Waals surface area contributed by atoms with E-state index in [2.05, 4.69) is 20.3 Å². The van der Waals surface area contributed by atoms with Gasteiger partial charge in [-0.3, -0.25) is 14.6 Å². The summed E-state index contributed by atoms with van der Waals surface area (Å²) in [4.78, 5) is 38.0. The Morgan fingerprint density at radius 1 is 1.22 bits per heavy atom. The van der Waals surface area contributed by atoms with Crippen LogP contribution in [0.15, 0.2) is 48.8 Å². The molecule has 0 saturated carbocycles. The lowest BCUT2D eigenvalue weighted by Gasteiger charge is -2.26. The molecule has 1 aromatic carbocycles. The summed E-state index contributed by atoms with van der Waals surface area (Å²) in [5.74, 6) is 0.544. The van der Waals surface area contributed by atoms with Gasteiger partial charge in [-0.1, -0.05) is 6.07 Å². The second-order valence-electron chi connectivity index (χ2n) is 6.49. The van der Waals surface area contributed by atoms with Gasteiger partial charge in [0.1, 0.15) is 5.82 Å². The third-order valence-corrected chi connectivity index (χ3v) is 4.48. The fourth-order valence-electron chi connectivity index (χ4n) is 3.22. The maximum Gasteiger partial charge on any atom is 0.254 e. The first-order chi connectivity index (χ1) is 13.1. The van der Waals surface area contributed by atoms with E-state index in [-0.39, 0.29) is 11.8 Å². The summed E-state index contributed by atoms with van der Waals surface area (Å²) in [7, 11) is 0. The number of fused-ring (bicyclic) bond motifs is 1. The molecule has 7 nitrogen and oxygen atoms in total. The summed E-state index contributed by atoms with van der Waals surface area (Å²) >= 11 is 0. The topological polar surface area (TPSA) is 91.0 Å². The van der Waals surface area contributed by atoms with Crippen LogP contribution in [0.1, 0.15) is 28.7 Å². The van der Waals surface area contributed by atoms with E-state index in [1.165, 1.54) is 6.92 Å². The van der Waals surface area contributed by atoms with Crippen LogP contribution in [0, 0.1) is 0 Å². The smallest absolute Gasteiger partial charge is 0.254 e. The molecule has 2 amide bonds. The molecule has 0 aliphatic carbocycles. The number of anilines is 1. The normalized spacial score (nSPS) is 13.1. The highest BCUT2D eigenvalue weighted by Crippen LogP contribution is 2.23. The first-order valence-corrected chi connectivity index (χ1v) is 8.75. The Morgan fingerprint density at radius 3 is 2.89 bits per heavy atom. The molecule has 1 aliphatic heterocycles. The van der Waals surface area contributed by atoms with Crippen molar-refractivity contribution in [3.8, 4) is 11.4 Å². The molecule has 4 rings (SSSR count). The van der Waals surface area contributed by atoms with Crippen LogP contribution in [0.2, 0.25) is 0 Å². The molecule has 27 heavy (non-hydrogen) atoms. The van der Waals surface area contributed by atoms with E-state index in [0.717, 1.165) is 22.8 Å². The Hall–Kier alpha value is -3.48. The second-order valence-corrected chi connectivity index (χ2v) is 6.49. The number of benzene rings is 1. The number of hydrogen-bond acceptors (Lipinski definition) is 4. The zero-order valence-corrected chi connectivity index (χ0v) is 14.9. The van der Waals surface area contributed by atoms with Crippen molar-refractivity contribution in [1.82, 2.24) is 19.9 Å². The van der Waals surface area contributed by atoms with Gasteiger partial charge in [0.25, 0.3) is 5.91 Å². The molecule has 0 saturated heterocycles. The van der Waals surface area contributed by atoms with Crippen LogP contribution in [-0.2, 0) is 17.8 Å². The van der Waals surface area contributed by atoms with Crippen LogP contribution in [0.5, 0.6) is 0 Å². The summed E-state index contributed by atoms with van der Waals surface area (Å²) < 4.78 is 0. The molecule has 3 heterocycles. The maximum atomic E-state index is 12.9. The number of carbonyl (C=O) groups excluding carboxylic acids is 2. The minimum atomic E-state index is -0.164. The number of hydrogen-bond donors (Lipinski definition) is 2. The van der Waals surface area contributed by atoms with Crippen molar-refractivity contribution >= 4 is 17.5 Å². The van der Waals surface area contributed by atoms with Crippen molar-refractivity contribution in [3.63, 3.8) is 0 Å². The summed E-state index contributed by atoms with van der Waals surface area (Å²) in [6, 6.07) is 10.8. The lowest BCUT2D eigenvalue weighted by atomic mass is 10.1. The minimum absolute atomic E-state index is 0.0645. The van der Waals surface area contributed by atoms with Crippen LogP contribution in [0.3, 0.4) is 0 Å². The average molecular weight is 361 g/mol. The van der Waals surface area contributed by atoms with E-state index < -0.39 is 0 Å². The molecule has 0 fully saturated rings. The van der Waals surface area contributed by atoms with Gasteiger partial charge < -0.3 is 15.2 Å². The molecule has 0 atom stereocenters. The monoisotopic (exact) mass is 361 g/mol. The maximum absolute atomic E-state index is 12.9. The summed E-state index contributed by atoms with van der Waals surface area (Å²) in [6.45, 7) is 2.53. The van der Waals surface area contributed by atoms with Gasteiger partial charge in [-0.15, -0.1) is 0 Å². The molecule has 2 N–H and O–H groups in total. The zero-order valence-electron chi connectivity index (χ0n) is 14.9. The largest absolute Gasteiger partial charge is 0.340 e. The van der Waals surface area contributed by atoms with Gasteiger partial charge in [0.2, 0.25) is 5.91 Å². The highest BCUT2D eigenvalue weighted by atomic mass is 16.2. The Labute approximate surface area is 156 Å². The van der Waals surface area contributed by atoms with Crippen LogP contribution in [-0.4, -0.2) is 38.2 Å². The van der Waals surface area contributed by atoms with Gasteiger partial charge in [-0.2, -0.15) is 0 Å². The Kier molecular flexibility index (Phi) is 4.42. The van der Waals surface area contributed by atoms with E-state index in [1.807, 2.05) is 12.1 Å². The predicted molar refractivity (Wildman–Crippen MR) is 101 cm³/mol. The molecular weight excluding hydrogens is 342 g/mol. The number of carbonyl (C=O) groups is 2. The van der Waals surface area contributed by atoms with Gasteiger partial charge in [0.05, 0.1) is 17.9 Å². The predicted octanol–water partition coefficient (Wildman–Crippen LogP) is 2.63. The average Bonchev–Trinajstić information content (AvgIpc) is 3.11. The molecule has 0 unspecified atom stereocenters. The number of imidazole rings is 1. The van der Waals surface area contributed by atoms with Crippen molar-refractivity contribution in [2.45, 2.75) is 19.9 Å². The Bertz CT molecular complexity index is 997. The summed E-state index contributed by atoms with van der Waals surface area (Å²) in [5.41, 5.74) is 4.03. The quantitative estimate of drug-likeness (QED) is 0.750. The van der Waals surface area contributed by atoms with E-state index >= 15 is 0 Å². The first kappa shape index (κ1) is 17.0. The third kappa shape index (κ3) is 3.57. The third-order valence-electron chi connectivity index (χ3n) is 4.48. The molecule has 7 heteroatoms. The molecule has 2 aromatic heterocycles. The number of nitrogens with zero attached hydrogens (tertiary/aromatic N) is 3. The number of nitrogens with one attached hydrogen (secondary N) is 2. The van der Waals surface area contributed by atoms with Crippen LogP contribution < -0.4 is 5.32 Å². The molecule has 136 valence electrons. The Morgan fingerprint density at radius 2 is 2.11 bits per heavy atom. The van der Waals surface area contributed by atoms with Gasteiger partial charge in [-0.05, 0) is 30.3 Å². The molecule has 0 bridgehead atoms. The lowest BCUT2D eigenvalue weighted by molar-refractivity contribution is -0.114. The summed E-state index contributed by atoms with van der Waals surface area (Å²) in [5, 5.41) is 2.71. The molecule has 3 aromatic rings. The number of pyridine rings is 1. The molecule has 1 aliphatic rings. The van der Waals surface area contributed by atoms with Crippen LogP contribution >= 0.6 is 0 Å². The van der Waals surface area contributed by atoms with E-state index in [0.29, 0.717) is 30.8 Å². The molecular formula is C20H19N5O2.